The van der Waals surface area contributed by atoms with Crippen LogP contribution in [0.4, 0.5) is 0 Å². The van der Waals surface area contributed by atoms with Gasteiger partial charge in [-0.2, -0.15) is 0 Å². The first-order chi connectivity index (χ1) is 13.3. The number of furan rings is 1. The Hall–Kier alpha value is -3.24. The van der Waals surface area contributed by atoms with Gasteiger partial charge < -0.3 is 9.15 Å². The summed E-state index contributed by atoms with van der Waals surface area (Å²) >= 11 is 0. The molecule has 0 radical (unpaired) electrons. The fourth-order valence-electron chi connectivity index (χ4n) is 2.72. The average Bonchev–Trinajstić information content (AvgIpc) is 3.23. The Kier molecular flexibility index (Phi) is 5.08. The maximum atomic E-state index is 12.3. The summed E-state index contributed by atoms with van der Waals surface area (Å²) in [6.45, 7) is 0. The number of hydrogen-bond acceptors (Lipinski definition) is 3. The molecule has 4 aromatic rings. The number of carbonyl (C=O) groups is 1. The molecule has 0 amide bonds. The highest BCUT2D eigenvalue weighted by Gasteiger charge is 2.28. The van der Waals surface area contributed by atoms with E-state index < -0.39 is 5.97 Å². The third-order valence-corrected chi connectivity index (χ3v) is 6.22. The Morgan fingerprint density at radius 3 is 1.78 bits per heavy atom. The van der Waals surface area contributed by atoms with Gasteiger partial charge in [0, 0.05) is 6.07 Å². The minimum atomic E-state index is -0.401. The van der Waals surface area contributed by atoms with Crippen LogP contribution in [0.2, 0.25) is 0 Å². The lowest BCUT2D eigenvalue weighted by Gasteiger charge is -2.08. The van der Waals surface area contributed by atoms with Crippen molar-refractivity contribution in [2.45, 2.75) is 14.7 Å². The first kappa shape index (κ1) is 17.2. The van der Waals surface area contributed by atoms with E-state index in [-0.39, 0.29) is 10.9 Å². The topological polar surface area (TPSA) is 39.4 Å². The maximum Gasteiger partial charge on any atom is 0.343 e. The summed E-state index contributed by atoms with van der Waals surface area (Å²) in [7, 11) is -0.235. The second-order valence-corrected chi connectivity index (χ2v) is 7.83. The summed E-state index contributed by atoms with van der Waals surface area (Å²) in [4.78, 5) is 15.9. The summed E-state index contributed by atoms with van der Waals surface area (Å²) in [5.41, 5.74) is 0.504. The minimum absolute atomic E-state index is 0.235. The molecule has 1 heterocycles. The lowest BCUT2D eigenvalue weighted by molar-refractivity contribution is 0.0733. The van der Waals surface area contributed by atoms with Gasteiger partial charge in [-0.3, -0.25) is 0 Å². The smallest absolute Gasteiger partial charge is 0.343 e. The Labute approximate surface area is 160 Å². The lowest BCUT2D eigenvalue weighted by atomic mass is 10.2. The van der Waals surface area contributed by atoms with Crippen LogP contribution in [0.3, 0.4) is 0 Å². The van der Waals surface area contributed by atoms with E-state index >= 15 is 0 Å². The highest BCUT2D eigenvalue weighted by molar-refractivity contribution is 7.97. The Bertz CT molecular complexity index is 955. The van der Waals surface area contributed by atoms with Gasteiger partial charge >= 0.3 is 5.97 Å². The molecule has 0 atom stereocenters. The van der Waals surface area contributed by atoms with Crippen LogP contribution in [-0.4, -0.2) is 5.97 Å². The normalized spacial score (nSPS) is 10.7. The summed E-state index contributed by atoms with van der Waals surface area (Å²) in [5.74, 6) is -0.000320. The Morgan fingerprint density at radius 1 is 0.704 bits per heavy atom. The highest BCUT2D eigenvalue weighted by atomic mass is 32.2. The van der Waals surface area contributed by atoms with Gasteiger partial charge in [0.1, 0.15) is 6.26 Å². The largest absolute Gasteiger partial charge is 0.469 e. The number of rotatable bonds is 5. The van der Waals surface area contributed by atoms with E-state index in [1.54, 1.807) is 6.07 Å². The molecule has 0 bridgehead atoms. The highest BCUT2D eigenvalue weighted by Crippen LogP contribution is 2.31. The van der Waals surface area contributed by atoms with Crippen molar-refractivity contribution < 1.29 is 13.9 Å². The van der Waals surface area contributed by atoms with Crippen molar-refractivity contribution in [3.05, 3.63) is 109 Å². The van der Waals surface area contributed by atoms with Crippen LogP contribution < -0.4 is 4.74 Å². The zero-order chi connectivity index (χ0) is 18.5. The van der Waals surface area contributed by atoms with Gasteiger partial charge in [0.25, 0.3) is 0 Å². The molecule has 0 spiro atoms. The molecule has 0 fully saturated rings. The predicted molar refractivity (Wildman–Crippen MR) is 105 cm³/mol. The zero-order valence-electron chi connectivity index (χ0n) is 14.4. The van der Waals surface area contributed by atoms with Crippen molar-refractivity contribution in [3.63, 3.8) is 0 Å². The molecule has 0 unspecified atom stereocenters. The number of esters is 1. The van der Waals surface area contributed by atoms with Gasteiger partial charge in [0.2, 0.25) is 0 Å². The number of carbonyl (C=O) groups excluding carboxylic acids is 1. The Balaban J connectivity index is 1.64. The van der Waals surface area contributed by atoms with Gasteiger partial charge in [-0.15, -0.1) is 0 Å². The molecule has 4 rings (SSSR count). The van der Waals surface area contributed by atoms with Crippen molar-refractivity contribution in [2.24, 2.45) is 0 Å². The molecule has 0 saturated heterocycles. The summed E-state index contributed by atoms with van der Waals surface area (Å²) in [6.07, 6.45) is 2.87. The molecule has 1 aromatic heterocycles. The van der Waals surface area contributed by atoms with Gasteiger partial charge in [-0.25, -0.2) is 4.79 Å². The van der Waals surface area contributed by atoms with Crippen molar-refractivity contribution in [1.29, 1.82) is 0 Å². The van der Waals surface area contributed by atoms with Crippen molar-refractivity contribution in [3.8, 4) is 5.75 Å². The van der Waals surface area contributed by atoms with Crippen LogP contribution in [-0.2, 0) is 10.9 Å². The van der Waals surface area contributed by atoms with Crippen molar-refractivity contribution in [1.82, 2.24) is 0 Å². The van der Waals surface area contributed by atoms with E-state index in [4.69, 9.17) is 9.15 Å². The van der Waals surface area contributed by atoms with Crippen LogP contribution in [0, 0.1) is 0 Å². The van der Waals surface area contributed by atoms with Crippen LogP contribution in [0.25, 0.3) is 0 Å². The van der Waals surface area contributed by atoms with Crippen LogP contribution >= 0.6 is 0 Å². The monoisotopic (exact) mass is 373 g/mol. The van der Waals surface area contributed by atoms with E-state index in [1.807, 2.05) is 36.4 Å². The molecule has 4 heteroatoms. The molecule has 0 aliphatic rings. The molecule has 27 heavy (non-hydrogen) atoms. The average molecular weight is 373 g/mol. The summed E-state index contributed by atoms with van der Waals surface area (Å²) in [5, 5.41) is 0. The van der Waals surface area contributed by atoms with Crippen LogP contribution in [0.5, 0.6) is 5.75 Å². The van der Waals surface area contributed by atoms with Crippen LogP contribution in [0.1, 0.15) is 10.4 Å². The molecule has 3 aromatic carbocycles. The van der Waals surface area contributed by atoms with Gasteiger partial charge in [-0.1, -0.05) is 36.4 Å². The van der Waals surface area contributed by atoms with Gasteiger partial charge in [0.15, 0.2) is 20.4 Å². The fourth-order valence-corrected chi connectivity index (χ4v) is 4.81. The minimum Gasteiger partial charge on any atom is -0.469 e. The number of ether oxygens (including phenoxy) is 1. The predicted octanol–water partition coefficient (Wildman–Crippen LogP) is 5.59. The van der Waals surface area contributed by atoms with Crippen molar-refractivity contribution >= 4 is 16.9 Å². The Morgan fingerprint density at radius 2 is 1.26 bits per heavy atom. The third-order valence-electron chi connectivity index (χ3n) is 3.99. The van der Waals surface area contributed by atoms with E-state index in [9.17, 15) is 4.79 Å². The van der Waals surface area contributed by atoms with E-state index in [0.29, 0.717) is 11.3 Å². The first-order valence-electron chi connectivity index (χ1n) is 8.50. The van der Waals surface area contributed by atoms with E-state index in [2.05, 4.69) is 48.5 Å². The molecular formula is C23H17O3S+. The second-order valence-electron chi connectivity index (χ2n) is 5.81. The van der Waals surface area contributed by atoms with Gasteiger partial charge in [0.05, 0.1) is 22.7 Å². The molecule has 0 aliphatic carbocycles. The number of benzene rings is 3. The van der Waals surface area contributed by atoms with Crippen LogP contribution in [0.15, 0.2) is 123 Å². The quantitative estimate of drug-likeness (QED) is 0.338. The first-order valence-corrected chi connectivity index (χ1v) is 9.72. The number of hydrogen-bond donors (Lipinski definition) is 0. The van der Waals surface area contributed by atoms with E-state index in [0.717, 1.165) is 4.90 Å². The standard InChI is InChI=1S/C23H17O3S/c24-23(26-19-15-16-25-17-19)18-11-13-22(14-12-18)27(20-7-3-1-4-8-20)21-9-5-2-6-10-21/h1-17H/q+1. The summed E-state index contributed by atoms with van der Waals surface area (Å²) < 4.78 is 10.2. The van der Waals surface area contributed by atoms with E-state index in [1.165, 1.54) is 22.3 Å². The summed E-state index contributed by atoms with van der Waals surface area (Å²) in [6, 6.07) is 30.0. The van der Waals surface area contributed by atoms with Crippen molar-refractivity contribution in [2.75, 3.05) is 0 Å². The zero-order valence-corrected chi connectivity index (χ0v) is 15.3. The molecule has 132 valence electrons. The molecule has 0 N–H and O–H groups in total. The fraction of sp³-hybridized carbons (Fsp3) is 0. The molecular weight excluding hydrogens is 356 g/mol. The lowest BCUT2D eigenvalue weighted by Crippen LogP contribution is -2.09. The third kappa shape index (κ3) is 3.96. The SMILES string of the molecule is O=C(Oc1ccoc1)c1ccc([S+](c2ccccc2)c2ccccc2)cc1. The maximum absolute atomic E-state index is 12.3. The molecule has 3 nitrogen and oxygen atoms in total. The second kappa shape index (κ2) is 7.98. The molecule has 0 aliphatic heterocycles. The molecule has 0 saturated carbocycles. The van der Waals surface area contributed by atoms with Gasteiger partial charge in [-0.05, 0) is 48.5 Å².